The van der Waals surface area contributed by atoms with Gasteiger partial charge in [-0.2, -0.15) is 0 Å². The summed E-state index contributed by atoms with van der Waals surface area (Å²) in [5, 5.41) is 0.713. The fourth-order valence-corrected chi connectivity index (χ4v) is 8.14. The molecule has 1 nitrogen and oxygen atoms in total. The Labute approximate surface area is 321 Å². The predicted octanol–water partition coefficient (Wildman–Crippen LogP) is 12.2. The normalized spacial score (nSPS) is 12.4. The monoisotopic (exact) mass is 705 g/mol. The molecule has 1 heterocycles. The van der Waals surface area contributed by atoms with Crippen molar-refractivity contribution in [2.45, 2.75) is 52.4 Å². The molecule has 0 fully saturated rings. The van der Waals surface area contributed by atoms with Crippen LogP contribution in [0.5, 0.6) is 0 Å². The van der Waals surface area contributed by atoms with E-state index in [1.807, 2.05) is 0 Å². The Morgan fingerprint density at radius 1 is 0.434 bits per heavy atom. The first-order valence-corrected chi connectivity index (χ1v) is 19.0. The molecule has 0 saturated carbocycles. The second-order valence-corrected chi connectivity index (χ2v) is 16.8. The molecular weight excluding hydrogens is 661 g/mol. The lowest BCUT2D eigenvalue weighted by molar-refractivity contribution is 0.589. The summed E-state index contributed by atoms with van der Waals surface area (Å²) in [6, 6.07) is 59.7. The molecular formula is C50H45BClN. The Morgan fingerprint density at radius 2 is 0.906 bits per heavy atom. The minimum absolute atomic E-state index is 0.0380. The van der Waals surface area contributed by atoms with E-state index in [4.69, 9.17) is 11.6 Å². The number of fused-ring (bicyclic) bond motifs is 3. The smallest absolute Gasteiger partial charge is 0.242 e. The van der Waals surface area contributed by atoms with Gasteiger partial charge in [0, 0.05) is 27.5 Å². The van der Waals surface area contributed by atoms with E-state index < -0.39 is 0 Å². The van der Waals surface area contributed by atoms with E-state index in [1.165, 1.54) is 38.6 Å². The summed E-state index contributed by atoms with van der Waals surface area (Å²) in [7, 11) is 0. The molecule has 53 heavy (non-hydrogen) atoms. The Morgan fingerprint density at radius 3 is 1.38 bits per heavy atom. The van der Waals surface area contributed by atoms with Crippen molar-refractivity contribution in [3.63, 3.8) is 0 Å². The van der Waals surface area contributed by atoms with Crippen LogP contribution >= 0.6 is 11.6 Å². The van der Waals surface area contributed by atoms with Gasteiger partial charge in [0.25, 0.3) is 0 Å². The maximum Gasteiger partial charge on any atom is 0.242 e. The fraction of sp³-hybridized carbons (Fsp3) is 0.160. The van der Waals surface area contributed by atoms with Crippen LogP contribution in [0.1, 0.15) is 52.7 Å². The number of nitrogens with zero attached hydrogens (tertiary/aromatic N) is 1. The van der Waals surface area contributed by atoms with E-state index in [0.29, 0.717) is 5.02 Å². The zero-order chi connectivity index (χ0) is 36.9. The van der Waals surface area contributed by atoms with Crippen LogP contribution in [0.15, 0.2) is 164 Å². The SMILES string of the molecule is CC(C)(C)c1ccc2c(c1)-c1cc(C(C)(C)C)ccc1B2c1cc(Cl)cc(N(c2ccccc2)c2c(-c3ccccc3)cccc2-c2ccccc2)c1. The third kappa shape index (κ3) is 6.62. The van der Waals surface area contributed by atoms with Gasteiger partial charge in [0.05, 0.1) is 5.69 Å². The summed E-state index contributed by atoms with van der Waals surface area (Å²) in [6.07, 6.45) is 0. The summed E-state index contributed by atoms with van der Waals surface area (Å²) < 4.78 is 0. The van der Waals surface area contributed by atoms with Crippen molar-refractivity contribution in [3.8, 4) is 33.4 Å². The average molecular weight is 706 g/mol. The van der Waals surface area contributed by atoms with Crippen LogP contribution in [-0.2, 0) is 10.8 Å². The van der Waals surface area contributed by atoms with Crippen molar-refractivity contribution < 1.29 is 0 Å². The minimum atomic E-state index is 0.0380. The number of halogens is 1. The lowest BCUT2D eigenvalue weighted by Gasteiger charge is -2.31. The Kier molecular flexibility index (Phi) is 8.92. The molecule has 0 aromatic heterocycles. The van der Waals surface area contributed by atoms with Gasteiger partial charge in [-0.25, -0.2) is 0 Å². The van der Waals surface area contributed by atoms with Crippen LogP contribution in [-0.4, -0.2) is 6.71 Å². The third-order valence-corrected chi connectivity index (χ3v) is 10.9. The molecule has 7 aromatic rings. The molecule has 0 unspecified atom stereocenters. The van der Waals surface area contributed by atoms with Gasteiger partial charge in [0.2, 0.25) is 6.71 Å². The van der Waals surface area contributed by atoms with E-state index in [2.05, 4.69) is 210 Å². The van der Waals surface area contributed by atoms with Gasteiger partial charge in [-0.3, -0.25) is 0 Å². The van der Waals surface area contributed by atoms with Gasteiger partial charge >= 0.3 is 0 Å². The zero-order valence-corrected chi connectivity index (χ0v) is 32.2. The molecule has 0 spiro atoms. The van der Waals surface area contributed by atoms with Gasteiger partial charge in [0.1, 0.15) is 0 Å². The fourth-order valence-electron chi connectivity index (χ4n) is 7.90. The van der Waals surface area contributed by atoms with E-state index in [-0.39, 0.29) is 17.5 Å². The number of para-hydroxylation sites is 2. The molecule has 0 saturated heterocycles. The highest BCUT2D eigenvalue weighted by Crippen LogP contribution is 2.47. The number of benzene rings is 7. The highest BCUT2D eigenvalue weighted by atomic mass is 35.5. The molecule has 0 amide bonds. The molecule has 8 rings (SSSR count). The number of rotatable bonds is 6. The summed E-state index contributed by atoms with van der Waals surface area (Å²) in [5.41, 5.74) is 17.1. The van der Waals surface area contributed by atoms with Crippen LogP contribution in [0.3, 0.4) is 0 Å². The Balaban J connectivity index is 1.38. The predicted molar refractivity (Wildman–Crippen MR) is 231 cm³/mol. The molecule has 1 aliphatic rings. The third-order valence-electron chi connectivity index (χ3n) is 10.7. The quantitative estimate of drug-likeness (QED) is 0.156. The van der Waals surface area contributed by atoms with Crippen molar-refractivity contribution in [1.82, 2.24) is 0 Å². The maximum atomic E-state index is 7.26. The molecule has 7 aromatic carbocycles. The molecule has 3 heteroatoms. The van der Waals surface area contributed by atoms with Crippen LogP contribution < -0.4 is 21.3 Å². The van der Waals surface area contributed by atoms with Crippen LogP contribution in [0.25, 0.3) is 33.4 Å². The van der Waals surface area contributed by atoms with E-state index in [9.17, 15) is 0 Å². The lowest BCUT2D eigenvalue weighted by Crippen LogP contribution is -2.49. The molecule has 0 aliphatic carbocycles. The lowest BCUT2D eigenvalue weighted by atomic mass is 9.39. The van der Waals surface area contributed by atoms with Gasteiger partial charge in [-0.05, 0) is 74.5 Å². The number of hydrogen-bond acceptors (Lipinski definition) is 1. The highest BCUT2D eigenvalue weighted by Gasteiger charge is 2.36. The minimum Gasteiger partial charge on any atom is -0.309 e. The molecule has 260 valence electrons. The first kappa shape index (κ1) is 34.8. The molecule has 0 atom stereocenters. The van der Waals surface area contributed by atoms with Crippen molar-refractivity contribution in [3.05, 3.63) is 180 Å². The second-order valence-electron chi connectivity index (χ2n) is 16.4. The van der Waals surface area contributed by atoms with Crippen LogP contribution in [0, 0.1) is 0 Å². The average Bonchev–Trinajstić information content (AvgIpc) is 3.48. The zero-order valence-electron chi connectivity index (χ0n) is 31.5. The van der Waals surface area contributed by atoms with E-state index in [1.54, 1.807) is 0 Å². The standard InChI is InChI=1S/C50H45BClN/c1-49(2,3)36-25-27-46-44(29-36)45-30-37(50(4,5)6)26-28-47(45)51(46)38-31-39(52)33-41(32-38)53(40-21-14-9-15-22-40)48-42(34-17-10-7-11-18-34)23-16-24-43(48)35-19-12-8-13-20-35/h7-33H,1-6H3. The van der Waals surface area contributed by atoms with Crippen molar-refractivity contribution in [2.75, 3.05) is 4.90 Å². The number of hydrogen-bond donors (Lipinski definition) is 0. The van der Waals surface area contributed by atoms with Crippen LogP contribution in [0.2, 0.25) is 5.02 Å². The summed E-state index contributed by atoms with van der Waals surface area (Å²) in [4.78, 5) is 2.40. The number of anilines is 3. The van der Waals surface area contributed by atoms with Crippen LogP contribution in [0.4, 0.5) is 17.1 Å². The van der Waals surface area contributed by atoms with E-state index in [0.717, 1.165) is 39.3 Å². The van der Waals surface area contributed by atoms with Gasteiger partial charge in [0.15, 0.2) is 0 Å². The van der Waals surface area contributed by atoms with Gasteiger partial charge < -0.3 is 4.90 Å². The van der Waals surface area contributed by atoms with Gasteiger partial charge in [-0.15, -0.1) is 0 Å². The largest absolute Gasteiger partial charge is 0.309 e. The van der Waals surface area contributed by atoms with Crippen molar-refractivity contribution in [2.24, 2.45) is 0 Å². The first-order chi connectivity index (χ1) is 25.5. The Hall–Kier alpha value is -5.31. The molecule has 0 bridgehead atoms. The highest BCUT2D eigenvalue weighted by molar-refractivity contribution is 6.99. The maximum absolute atomic E-state index is 7.26. The summed E-state index contributed by atoms with van der Waals surface area (Å²) >= 11 is 7.26. The van der Waals surface area contributed by atoms with Crippen molar-refractivity contribution in [1.29, 1.82) is 0 Å². The first-order valence-electron chi connectivity index (χ1n) is 18.7. The second kappa shape index (κ2) is 13.6. The topological polar surface area (TPSA) is 3.24 Å². The van der Waals surface area contributed by atoms with Gasteiger partial charge in [-0.1, -0.05) is 203 Å². The van der Waals surface area contributed by atoms with E-state index >= 15 is 0 Å². The molecule has 0 radical (unpaired) electrons. The molecule has 0 N–H and O–H groups in total. The summed E-state index contributed by atoms with van der Waals surface area (Å²) in [5.74, 6) is 0. The summed E-state index contributed by atoms with van der Waals surface area (Å²) in [6.45, 7) is 13.8. The Bertz CT molecular complexity index is 2300. The molecule has 1 aliphatic heterocycles. The van der Waals surface area contributed by atoms with Crippen molar-refractivity contribution >= 4 is 51.8 Å².